The lowest BCUT2D eigenvalue weighted by Crippen LogP contribution is -2.10. The van der Waals surface area contributed by atoms with E-state index in [0.29, 0.717) is 5.82 Å². The molecule has 4 rings (SSSR count). The second-order valence-corrected chi connectivity index (χ2v) is 6.61. The largest absolute Gasteiger partial charge is 0.368 e. The molecule has 0 aliphatic rings. The number of benzene rings is 2. The number of aromatic nitrogens is 5. The fourth-order valence-electron chi connectivity index (χ4n) is 2.67. The number of imidazole rings is 1. The van der Waals surface area contributed by atoms with E-state index in [2.05, 4.69) is 41.2 Å². The first kappa shape index (κ1) is 17.3. The van der Waals surface area contributed by atoms with Crippen molar-refractivity contribution in [1.82, 2.24) is 24.5 Å². The predicted octanol–water partition coefficient (Wildman–Crippen LogP) is 3.89. The third-order valence-corrected chi connectivity index (χ3v) is 4.32. The van der Waals surface area contributed by atoms with Crippen LogP contribution in [0.5, 0.6) is 0 Å². The summed E-state index contributed by atoms with van der Waals surface area (Å²) in [6.07, 6.45) is 0. The van der Waals surface area contributed by atoms with Crippen molar-refractivity contribution in [2.24, 2.45) is 0 Å². The van der Waals surface area contributed by atoms with E-state index < -0.39 is 11.6 Å². The molecule has 4 aromatic rings. The average molecular weight is 432 g/mol. The molecule has 10 heteroatoms. The Morgan fingerprint density at radius 2 is 1.78 bits per heavy atom. The van der Waals surface area contributed by atoms with Gasteiger partial charge in [-0.2, -0.15) is 15.0 Å². The van der Waals surface area contributed by atoms with Gasteiger partial charge in [0.15, 0.2) is 5.82 Å². The highest BCUT2D eigenvalue weighted by Gasteiger charge is 2.17. The predicted molar refractivity (Wildman–Crippen MR) is 101 cm³/mol. The number of halogens is 3. The second kappa shape index (κ2) is 6.54. The molecule has 0 unspecified atom stereocenters. The highest BCUT2D eigenvalue weighted by molar-refractivity contribution is 9.10. The van der Waals surface area contributed by atoms with Crippen molar-refractivity contribution in [3.8, 4) is 5.95 Å². The standard InChI is InChI=1S/C17H12BrF2N7/c1-8-22-14-12(20)6-10(19)7-13(14)27(8)17-25-15(21)24-16(26-17)23-11-4-2-9(18)3-5-11/h2-7H,1H3,(H3,21,23,24,25,26). The number of hydrogen-bond donors (Lipinski definition) is 2. The molecule has 3 N–H and O–H groups in total. The molecule has 7 nitrogen and oxygen atoms in total. The Balaban J connectivity index is 1.83. The minimum Gasteiger partial charge on any atom is -0.368 e. The van der Waals surface area contributed by atoms with Gasteiger partial charge in [0.25, 0.3) is 0 Å². The average Bonchev–Trinajstić information content (AvgIpc) is 2.93. The Bertz CT molecular complexity index is 1160. The maximum absolute atomic E-state index is 14.0. The minimum absolute atomic E-state index is 0.0234. The normalized spacial score (nSPS) is 11.1. The molecular formula is C17H12BrF2N7. The zero-order chi connectivity index (χ0) is 19.1. The molecule has 2 aromatic carbocycles. The molecule has 2 aromatic heterocycles. The zero-order valence-electron chi connectivity index (χ0n) is 13.9. The van der Waals surface area contributed by atoms with E-state index in [9.17, 15) is 8.78 Å². The maximum atomic E-state index is 14.0. The highest BCUT2D eigenvalue weighted by Crippen LogP contribution is 2.24. The van der Waals surface area contributed by atoms with Gasteiger partial charge in [0.1, 0.15) is 17.2 Å². The number of aryl methyl sites for hydroxylation is 1. The van der Waals surface area contributed by atoms with Crippen LogP contribution in [0.25, 0.3) is 17.0 Å². The van der Waals surface area contributed by atoms with E-state index in [4.69, 9.17) is 5.73 Å². The summed E-state index contributed by atoms with van der Waals surface area (Å²) in [6, 6.07) is 9.31. The summed E-state index contributed by atoms with van der Waals surface area (Å²) in [5, 5.41) is 3.02. The monoisotopic (exact) mass is 431 g/mol. The Morgan fingerprint density at radius 1 is 1.04 bits per heavy atom. The summed E-state index contributed by atoms with van der Waals surface area (Å²) < 4.78 is 30.1. The molecule has 0 aliphatic heterocycles. The fourth-order valence-corrected chi connectivity index (χ4v) is 2.94. The van der Waals surface area contributed by atoms with Crippen LogP contribution in [0.15, 0.2) is 40.9 Å². The molecule has 0 atom stereocenters. The number of nitrogens with zero attached hydrogens (tertiary/aromatic N) is 5. The number of hydrogen-bond acceptors (Lipinski definition) is 6. The second-order valence-electron chi connectivity index (χ2n) is 5.70. The lowest BCUT2D eigenvalue weighted by atomic mass is 10.3. The van der Waals surface area contributed by atoms with Crippen molar-refractivity contribution < 1.29 is 8.78 Å². The van der Waals surface area contributed by atoms with E-state index >= 15 is 0 Å². The van der Waals surface area contributed by atoms with Crippen LogP contribution in [0.2, 0.25) is 0 Å². The molecule has 0 fully saturated rings. The lowest BCUT2D eigenvalue weighted by Gasteiger charge is -2.09. The Kier molecular flexibility index (Phi) is 4.19. The van der Waals surface area contributed by atoms with Crippen molar-refractivity contribution in [1.29, 1.82) is 0 Å². The van der Waals surface area contributed by atoms with Crippen LogP contribution in [0.3, 0.4) is 0 Å². The van der Waals surface area contributed by atoms with Crippen LogP contribution in [0.1, 0.15) is 5.82 Å². The summed E-state index contributed by atoms with van der Waals surface area (Å²) in [4.78, 5) is 16.6. The number of anilines is 3. The first-order valence-electron chi connectivity index (χ1n) is 7.79. The topological polar surface area (TPSA) is 94.5 Å². The van der Waals surface area contributed by atoms with Crippen molar-refractivity contribution in [3.05, 3.63) is 58.3 Å². The van der Waals surface area contributed by atoms with Crippen LogP contribution in [0, 0.1) is 18.6 Å². The first-order chi connectivity index (χ1) is 12.9. The van der Waals surface area contributed by atoms with Crippen LogP contribution in [-0.2, 0) is 0 Å². The fraction of sp³-hybridized carbons (Fsp3) is 0.0588. The number of nitrogen functional groups attached to an aromatic ring is 1. The van der Waals surface area contributed by atoms with E-state index in [-0.39, 0.29) is 28.9 Å². The van der Waals surface area contributed by atoms with Gasteiger partial charge in [0.05, 0.1) is 5.52 Å². The number of rotatable bonds is 3. The quantitative estimate of drug-likeness (QED) is 0.510. The third kappa shape index (κ3) is 3.31. The molecule has 0 amide bonds. The summed E-state index contributed by atoms with van der Waals surface area (Å²) in [5.41, 5.74) is 6.76. The Hall–Kier alpha value is -3.14. The summed E-state index contributed by atoms with van der Waals surface area (Å²) in [6.45, 7) is 1.64. The van der Waals surface area contributed by atoms with E-state index in [0.717, 1.165) is 16.2 Å². The molecule has 0 bridgehead atoms. The van der Waals surface area contributed by atoms with Gasteiger partial charge in [0.2, 0.25) is 17.8 Å². The van der Waals surface area contributed by atoms with Gasteiger partial charge in [-0.15, -0.1) is 0 Å². The lowest BCUT2D eigenvalue weighted by molar-refractivity contribution is 0.590. The van der Waals surface area contributed by atoms with Crippen LogP contribution < -0.4 is 11.1 Å². The third-order valence-electron chi connectivity index (χ3n) is 3.79. The molecule has 0 saturated heterocycles. The van der Waals surface area contributed by atoms with Gasteiger partial charge in [-0.1, -0.05) is 15.9 Å². The van der Waals surface area contributed by atoms with Gasteiger partial charge in [-0.3, -0.25) is 4.57 Å². The molecule has 27 heavy (non-hydrogen) atoms. The molecule has 0 radical (unpaired) electrons. The van der Waals surface area contributed by atoms with Gasteiger partial charge in [-0.05, 0) is 31.2 Å². The van der Waals surface area contributed by atoms with Gasteiger partial charge in [-0.25, -0.2) is 13.8 Å². The van der Waals surface area contributed by atoms with Gasteiger partial charge < -0.3 is 11.1 Å². The summed E-state index contributed by atoms with van der Waals surface area (Å²) in [7, 11) is 0. The van der Waals surface area contributed by atoms with E-state index in [1.165, 1.54) is 10.6 Å². The van der Waals surface area contributed by atoms with Crippen molar-refractivity contribution >= 4 is 44.5 Å². The number of fused-ring (bicyclic) bond motifs is 1. The Labute approximate surface area is 160 Å². The summed E-state index contributed by atoms with van der Waals surface area (Å²) in [5.74, 6) is -0.851. The zero-order valence-corrected chi connectivity index (χ0v) is 15.5. The smallest absolute Gasteiger partial charge is 0.242 e. The number of nitrogens with one attached hydrogen (secondary N) is 1. The molecule has 136 valence electrons. The van der Waals surface area contributed by atoms with E-state index in [1.54, 1.807) is 6.92 Å². The van der Waals surface area contributed by atoms with Crippen LogP contribution in [0.4, 0.5) is 26.4 Å². The SMILES string of the molecule is Cc1nc2c(F)cc(F)cc2n1-c1nc(N)nc(Nc2ccc(Br)cc2)n1. The molecule has 0 saturated carbocycles. The number of nitrogens with two attached hydrogens (primary N) is 1. The Morgan fingerprint density at radius 3 is 2.52 bits per heavy atom. The molecule has 0 spiro atoms. The maximum Gasteiger partial charge on any atom is 0.242 e. The van der Waals surface area contributed by atoms with Gasteiger partial charge in [0, 0.05) is 22.3 Å². The molecule has 2 heterocycles. The van der Waals surface area contributed by atoms with Crippen molar-refractivity contribution in [2.45, 2.75) is 6.92 Å². The van der Waals surface area contributed by atoms with Crippen molar-refractivity contribution in [2.75, 3.05) is 11.1 Å². The highest BCUT2D eigenvalue weighted by atomic mass is 79.9. The summed E-state index contributed by atoms with van der Waals surface area (Å²) >= 11 is 3.36. The van der Waals surface area contributed by atoms with Gasteiger partial charge >= 0.3 is 0 Å². The van der Waals surface area contributed by atoms with E-state index in [1.807, 2.05) is 24.3 Å². The van der Waals surface area contributed by atoms with Crippen LogP contribution >= 0.6 is 15.9 Å². The molecular weight excluding hydrogens is 420 g/mol. The molecule has 0 aliphatic carbocycles. The minimum atomic E-state index is -0.762. The first-order valence-corrected chi connectivity index (χ1v) is 8.58. The van der Waals surface area contributed by atoms with Crippen LogP contribution in [-0.4, -0.2) is 24.5 Å². The van der Waals surface area contributed by atoms with Crippen molar-refractivity contribution in [3.63, 3.8) is 0 Å².